The van der Waals surface area contributed by atoms with Gasteiger partial charge in [0, 0.05) is 25.8 Å². The normalized spacial score (nSPS) is 10.3. The number of rotatable bonds is 8. The second-order valence-corrected chi connectivity index (χ2v) is 6.26. The van der Waals surface area contributed by atoms with E-state index >= 15 is 0 Å². The van der Waals surface area contributed by atoms with Crippen molar-refractivity contribution in [1.82, 2.24) is 10.2 Å². The van der Waals surface area contributed by atoms with E-state index in [0.717, 1.165) is 5.56 Å². The number of aliphatic hydroxyl groups is 1. The van der Waals surface area contributed by atoms with E-state index in [2.05, 4.69) is 5.32 Å². The van der Waals surface area contributed by atoms with Gasteiger partial charge in [-0.3, -0.25) is 20.2 Å². The average Bonchev–Trinajstić information content (AvgIpc) is 2.68. The summed E-state index contributed by atoms with van der Waals surface area (Å²) in [6.45, 7) is 1.11. The van der Waals surface area contributed by atoms with Gasteiger partial charge in [-0.1, -0.05) is 42.5 Å². The molecule has 0 saturated carbocycles. The summed E-state index contributed by atoms with van der Waals surface area (Å²) in [4.78, 5) is 24.8. The first-order chi connectivity index (χ1) is 13.0. The fourth-order valence-corrected chi connectivity index (χ4v) is 2.79. The van der Waals surface area contributed by atoms with Gasteiger partial charge in [0.05, 0.1) is 4.92 Å². The quantitative estimate of drug-likeness (QED) is 0.313. The maximum Gasteiger partial charge on any atom is 0.282 e. The van der Waals surface area contributed by atoms with Crippen molar-refractivity contribution in [2.24, 2.45) is 0 Å². The van der Waals surface area contributed by atoms with Gasteiger partial charge in [-0.25, -0.2) is 0 Å². The van der Waals surface area contributed by atoms with Gasteiger partial charge < -0.3 is 10.0 Å². The molecule has 2 aromatic rings. The van der Waals surface area contributed by atoms with Crippen molar-refractivity contribution < 1.29 is 14.8 Å². The molecule has 0 heterocycles. The number of aliphatic hydroxyl groups excluding tert-OH is 1. The Balaban J connectivity index is 2.12. The molecule has 2 rings (SSSR count). The Hall–Kier alpha value is -2.84. The van der Waals surface area contributed by atoms with Crippen LogP contribution in [-0.4, -0.2) is 39.1 Å². The van der Waals surface area contributed by atoms with Gasteiger partial charge in [0.2, 0.25) is 0 Å². The minimum Gasteiger partial charge on any atom is -0.396 e. The third kappa shape index (κ3) is 6.12. The lowest BCUT2D eigenvalue weighted by Gasteiger charge is -2.25. The number of para-hydroxylation sites is 1. The van der Waals surface area contributed by atoms with Gasteiger partial charge in [-0.2, -0.15) is 0 Å². The van der Waals surface area contributed by atoms with Gasteiger partial charge in [-0.15, -0.1) is 0 Å². The van der Waals surface area contributed by atoms with Gasteiger partial charge >= 0.3 is 0 Å². The molecule has 0 unspecified atom stereocenters. The van der Waals surface area contributed by atoms with Crippen molar-refractivity contribution in [3.8, 4) is 0 Å². The summed E-state index contributed by atoms with van der Waals surface area (Å²) in [7, 11) is 0. The van der Waals surface area contributed by atoms with E-state index in [9.17, 15) is 14.9 Å². The van der Waals surface area contributed by atoms with Crippen LogP contribution in [0.1, 0.15) is 28.8 Å². The summed E-state index contributed by atoms with van der Waals surface area (Å²) in [6.07, 6.45) is 1.32. The Kier molecular flexibility index (Phi) is 7.84. The highest BCUT2D eigenvalue weighted by molar-refractivity contribution is 7.80. The molecule has 8 heteroatoms. The first kappa shape index (κ1) is 20.5. The number of hydrogen-bond donors (Lipinski definition) is 2. The molecule has 0 fully saturated rings. The number of nitrogens with one attached hydrogen (secondary N) is 1. The van der Waals surface area contributed by atoms with Crippen LogP contribution >= 0.6 is 12.2 Å². The molecule has 142 valence electrons. The van der Waals surface area contributed by atoms with E-state index in [1.807, 2.05) is 35.2 Å². The second kappa shape index (κ2) is 10.3. The fraction of sp³-hybridized carbons (Fsp3) is 0.263. The second-order valence-electron chi connectivity index (χ2n) is 5.87. The molecular weight excluding hydrogens is 366 g/mol. The molecule has 0 atom stereocenters. The van der Waals surface area contributed by atoms with E-state index in [1.165, 1.54) is 18.2 Å². The minimum atomic E-state index is -0.618. The fourth-order valence-electron chi connectivity index (χ4n) is 2.54. The SMILES string of the molecule is O=C(NC(=S)N(CCCCO)Cc1ccccc1)c1ccccc1[N+](=O)[O-]. The molecular formula is C19H21N3O4S. The predicted octanol–water partition coefficient (Wildman–Crippen LogP) is 2.88. The summed E-state index contributed by atoms with van der Waals surface area (Å²) in [6, 6.07) is 15.4. The molecule has 2 N–H and O–H groups in total. The molecule has 0 bridgehead atoms. The summed E-state index contributed by atoms with van der Waals surface area (Å²) in [5, 5.41) is 22.9. The van der Waals surface area contributed by atoms with Crippen LogP contribution < -0.4 is 5.32 Å². The average molecular weight is 387 g/mol. The lowest BCUT2D eigenvalue weighted by Crippen LogP contribution is -2.43. The van der Waals surface area contributed by atoms with Crippen LogP contribution in [0.4, 0.5) is 5.69 Å². The Morgan fingerprint density at radius 3 is 2.44 bits per heavy atom. The van der Waals surface area contributed by atoms with Crippen LogP contribution in [0.3, 0.4) is 0 Å². The van der Waals surface area contributed by atoms with Crippen LogP contribution in [0.2, 0.25) is 0 Å². The zero-order chi connectivity index (χ0) is 19.6. The highest BCUT2D eigenvalue weighted by Crippen LogP contribution is 2.17. The number of nitro benzene ring substituents is 1. The van der Waals surface area contributed by atoms with Crippen LogP contribution in [0.25, 0.3) is 0 Å². The van der Waals surface area contributed by atoms with Gasteiger partial charge in [0.25, 0.3) is 11.6 Å². The Morgan fingerprint density at radius 1 is 1.11 bits per heavy atom. The van der Waals surface area contributed by atoms with E-state index in [0.29, 0.717) is 25.9 Å². The number of nitro groups is 1. The molecule has 0 aliphatic heterocycles. The lowest BCUT2D eigenvalue weighted by atomic mass is 10.1. The Morgan fingerprint density at radius 2 is 1.78 bits per heavy atom. The number of amides is 1. The first-order valence-electron chi connectivity index (χ1n) is 8.51. The Bertz CT molecular complexity index is 799. The topological polar surface area (TPSA) is 95.7 Å². The maximum atomic E-state index is 12.5. The molecule has 0 spiro atoms. The standard InChI is InChI=1S/C19H21N3O4S/c23-13-7-6-12-21(14-15-8-2-1-3-9-15)19(27)20-18(24)16-10-4-5-11-17(16)22(25)26/h1-5,8-11,23H,6-7,12-14H2,(H,20,24,27). The Labute approximate surface area is 162 Å². The molecule has 7 nitrogen and oxygen atoms in total. The predicted molar refractivity (Wildman–Crippen MR) is 106 cm³/mol. The molecule has 0 aliphatic carbocycles. The lowest BCUT2D eigenvalue weighted by molar-refractivity contribution is -0.385. The number of hydrogen-bond acceptors (Lipinski definition) is 5. The molecule has 1 amide bonds. The van der Waals surface area contributed by atoms with Gasteiger partial charge in [0.1, 0.15) is 5.56 Å². The highest BCUT2D eigenvalue weighted by Gasteiger charge is 2.21. The van der Waals surface area contributed by atoms with E-state index in [1.54, 1.807) is 6.07 Å². The number of carbonyl (C=O) groups excluding carboxylic acids is 1. The van der Waals surface area contributed by atoms with Crippen molar-refractivity contribution in [1.29, 1.82) is 0 Å². The van der Waals surface area contributed by atoms with Crippen molar-refractivity contribution in [2.45, 2.75) is 19.4 Å². The third-order valence-electron chi connectivity index (χ3n) is 3.91. The zero-order valence-corrected chi connectivity index (χ0v) is 15.5. The first-order valence-corrected chi connectivity index (χ1v) is 8.92. The van der Waals surface area contributed by atoms with Crippen molar-refractivity contribution >= 4 is 28.9 Å². The molecule has 0 saturated heterocycles. The summed E-state index contributed by atoms with van der Waals surface area (Å²) < 4.78 is 0. The van der Waals surface area contributed by atoms with Crippen molar-refractivity contribution in [3.05, 3.63) is 75.8 Å². The minimum absolute atomic E-state index is 0.0418. The molecule has 0 radical (unpaired) electrons. The number of thiocarbonyl (C=S) groups is 1. The van der Waals surface area contributed by atoms with Crippen molar-refractivity contribution in [2.75, 3.05) is 13.2 Å². The van der Waals surface area contributed by atoms with Gasteiger partial charge in [-0.05, 0) is 36.7 Å². The molecule has 0 aromatic heterocycles. The largest absolute Gasteiger partial charge is 0.396 e. The third-order valence-corrected chi connectivity index (χ3v) is 4.27. The van der Waals surface area contributed by atoms with Crippen LogP contribution in [-0.2, 0) is 6.54 Å². The molecule has 27 heavy (non-hydrogen) atoms. The summed E-state index contributed by atoms with van der Waals surface area (Å²) >= 11 is 5.37. The number of unbranched alkanes of at least 4 members (excludes halogenated alkanes) is 1. The van der Waals surface area contributed by atoms with Crippen LogP contribution in [0.15, 0.2) is 54.6 Å². The summed E-state index contributed by atoms with van der Waals surface area (Å²) in [5.74, 6) is -0.618. The monoisotopic (exact) mass is 387 g/mol. The number of carbonyl (C=O) groups is 1. The van der Waals surface area contributed by atoms with Crippen LogP contribution in [0.5, 0.6) is 0 Å². The van der Waals surface area contributed by atoms with E-state index in [4.69, 9.17) is 17.3 Å². The maximum absolute atomic E-state index is 12.5. The number of benzene rings is 2. The smallest absolute Gasteiger partial charge is 0.282 e. The molecule has 2 aromatic carbocycles. The zero-order valence-electron chi connectivity index (χ0n) is 14.7. The van der Waals surface area contributed by atoms with E-state index in [-0.39, 0.29) is 23.0 Å². The van der Waals surface area contributed by atoms with Crippen molar-refractivity contribution in [3.63, 3.8) is 0 Å². The summed E-state index contributed by atoms with van der Waals surface area (Å²) in [5.41, 5.74) is 0.705. The van der Waals surface area contributed by atoms with Crippen LogP contribution in [0, 0.1) is 10.1 Å². The van der Waals surface area contributed by atoms with E-state index < -0.39 is 10.8 Å². The number of nitrogens with zero attached hydrogens (tertiary/aromatic N) is 2. The van der Waals surface area contributed by atoms with Gasteiger partial charge in [0.15, 0.2) is 5.11 Å². The highest BCUT2D eigenvalue weighted by atomic mass is 32.1. The molecule has 0 aliphatic rings.